The lowest BCUT2D eigenvalue weighted by Gasteiger charge is -2.22. The Morgan fingerprint density at radius 1 is 0.903 bits per heavy atom. The van der Waals surface area contributed by atoms with E-state index in [-0.39, 0.29) is 11.7 Å². The molecule has 1 heterocycles. The average molecular weight is 483 g/mol. The van der Waals surface area contributed by atoms with E-state index >= 15 is 0 Å². The van der Waals surface area contributed by atoms with E-state index < -0.39 is 17.7 Å². The maximum atomic E-state index is 13.0. The Labute approximate surface area is 188 Å². The molecule has 0 saturated heterocycles. The fraction of sp³-hybridized carbons (Fsp3) is 0.261. The predicted molar refractivity (Wildman–Crippen MR) is 123 cm³/mol. The maximum absolute atomic E-state index is 13.0. The van der Waals surface area contributed by atoms with Crippen LogP contribution in [-0.2, 0) is 9.59 Å². The second-order valence-electron chi connectivity index (χ2n) is 7.64. The first-order chi connectivity index (χ1) is 15.0. The summed E-state index contributed by atoms with van der Waals surface area (Å²) in [6, 6.07) is 16.2. The number of benzene rings is 2. The summed E-state index contributed by atoms with van der Waals surface area (Å²) in [5, 5.41) is 6.37. The van der Waals surface area contributed by atoms with Crippen LogP contribution in [-0.4, -0.2) is 28.4 Å². The first-order valence-corrected chi connectivity index (χ1v) is 11.1. The maximum Gasteiger partial charge on any atom is 0.328 e. The molecule has 0 spiro atoms. The number of fused-ring (bicyclic) bond motifs is 1. The van der Waals surface area contributed by atoms with E-state index in [0.29, 0.717) is 11.2 Å². The minimum Gasteiger partial charge on any atom is -0.345 e. The normalized spacial score (nSPS) is 14.2. The summed E-state index contributed by atoms with van der Waals surface area (Å²) in [7, 11) is 0. The van der Waals surface area contributed by atoms with Crippen molar-refractivity contribution in [2.45, 2.75) is 38.1 Å². The van der Waals surface area contributed by atoms with Gasteiger partial charge >= 0.3 is 11.8 Å². The molecule has 1 fully saturated rings. The van der Waals surface area contributed by atoms with Gasteiger partial charge in [0.25, 0.3) is 5.91 Å². The van der Waals surface area contributed by atoms with E-state index in [0.717, 1.165) is 42.0 Å². The van der Waals surface area contributed by atoms with Crippen molar-refractivity contribution >= 4 is 50.2 Å². The van der Waals surface area contributed by atoms with E-state index in [1.54, 1.807) is 24.3 Å². The number of carbonyl (C=O) groups is 3. The van der Waals surface area contributed by atoms with Crippen molar-refractivity contribution in [2.24, 2.45) is 0 Å². The third-order valence-corrected chi connectivity index (χ3v) is 5.88. The summed E-state index contributed by atoms with van der Waals surface area (Å²) in [5.74, 6) is -1.90. The number of para-hydroxylation sites is 1. The van der Waals surface area contributed by atoms with Gasteiger partial charge in [0.1, 0.15) is 5.69 Å². The van der Waals surface area contributed by atoms with Gasteiger partial charge in [0.2, 0.25) is 0 Å². The molecule has 0 atom stereocenters. The van der Waals surface area contributed by atoms with Gasteiger partial charge in [-0.05, 0) is 49.2 Å². The molecule has 0 aliphatic heterocycles. The molecule has 0 unspecified atom stereocenters. The number of carbonyl (C=O) groups excluding carboxylic acids is 3. The number of nitrogens with one attached hydrogen (secondary N) is 3. The van der Waals surface area contributed by atoms with Gasteiger partial charge in [-0.1, -0.05) is 53.4 Å². The molecule has 160 valence electrons. The lowest BCUT2D eigenvalue weighted by atomic mass is 9.95. The van der Waals surface area contributed by atoms with Crippen molar-refractivity contribution in [1.82, 2.24) is 9.99 Å². The Kier molecular flexibility index (Phi) is 6.36. The third kappa shape index (κ3) is 4.96. The summed E-state index contributed by atoms with van der Waals surface area (Å²) in [4.78, 5) is 38.1. The van der Waals surface area contributed by atoms with Gasteiger partial charge < -0.3 is 10.6 Å². The van der Waals surface area contributed by atoms with Crippen LogP contribution in [0.3, 0.4) is 0 Å². The quantitative estimate of drug-likeness (QED) is 0.487. The van der Waals surface area contributed by atoms with Crippen LogP contribution in [0.4, 0.5) is 5.69 Å². The van der Waals surface area contributed by atoms with E-state index in [9.17, 15) is 14.4 Å². The van der Waals surface area contributed by atoms with E-state index in [1.165, 1.54) is 4.68 Å². The van der Waals surface area contributed by atoms with E-state index in [4.69, 9.17) is 0 Å². The molecule has 7 nitrogen and oxygen atoms in total. The molecule has 31 heavy (non-hydrogen) atoms. The molecule has 0 bridgehead atoms. The summed E-state index contributed by atoms with van der Waals surface area (Å²) < 4.78 is 2.21. The van der Waals surface area contributed by atoms with Crippen LogP contribution in [0.25, 0.3) is 10.9 Å². The van der Waals surface area contributed by atoms with Gasteiger partial charge in [-0.3, -0.25) is 19.8 Å². The lowest BCUT2D eigenvalue weighted by molar-refractivity contribution is -0.137. The van der Waals surface area contributed by atoms with Crippen LogP contribution in [0, 0.1) is 0 Å². The van der Waals surface area contributed by atoms with Gasteiger partial charge in [-0.2, -0.15) is 0 Å². The second kappa shape index (κ2) is 9.34. The van der Waals surface area contributed by atoms with Gasteiger partial charge in [0.05, 0.1) is 5.52 Å². The smallest absolute Gasteiger partial charge is 0.328 e. The highest BCUT2D eigenvalue weighted by molar-refractivity contribution is 9.10. The summed E-state index contributed by atoms with van der Waals surface area (Å²) in [6.07, 6.45) is 5.01. The Hall–Kier alpha value is -3.13. The zero-order chi connectivity index (χ0) is 21.8. The van der Waals surface area contributed by atoms with Crippen LogP contribution in [0.15, 0.2) is 59.1 Å². The first-order valence-electron chi connectivity index (χ1n) is 10.3. The largest absolute Gasteiger partial charge is 0.345 e. The average Bonchev–Trinajstić information content (AvgIpc) is 3.12. The molecular weight excluding hydrogens is 460 g/mol. The Morgan fingerprint density at radius 3 is 2.39 bits per heavy atom. The molecule has 2 aromatic carbocycles. The van der Waals surface area contributed by atoms with Gasteiger partial charge in [-0.15, -0.1) is 0 Å². The number of aromatic nitrogens is 1. The second-order valence-corrected chi connectivity index (χ2v) is 8.55. The minimum atomic E-state index is -0.806. The van der Waals surface area contributed by atoms with Crippen molar-refractivity contribution in [2.75, 3.05) is 10.7 Å². The molecule has 1 aliphatic rings. The molecule has 1 aliphatic carbocycles. The van der Waals surface area contributed by atoms with Gasteiger partial charge in [0.15, 0.2) is 0 Å². The molecule has 3 amide bonds. The molecule has 4 rings (SSSR count). The van der Waals surface area contributed by atoms with Crippen LogP contribution < -0.4 is 16.1 Å². The Morgan fingerprint density at radius 2 is 1.65 bits per heavy atom. The highest BCUT2D eigenvalue weighted by Crippen LogP contribution is 2.24. The summed E-state index contributed by atoms with van der Waals surface area (Å²) in [6.45, 7) is 0. The standard InChI is InChI=1S/C23H23BrN4O3/c24-16-11-12-19-15(13-16)14-20(21(29)25-17-7-3-1-4-8-17)28(19)27-23(31)22(30)26-18-9-5-2-6-10-18/h1,3-4,7-8,11-14,18H,2,5-6,9-10H2,(H,25,29)(H,26,30)(H,27,31). The number of hydrogen-bond donors (Lipinski definition) is 3. The molecule has 3 N–H and O–H groups in total. The molecule has 1 aromatic heterocycles. The molecule has 1 saturated carbocycles. The number of halogens is 1. The lowest BCUT2D eigenvalue weighted by Crippen LogP contribution is -2.44. The van der Waals surface area contributed by atoms with Gasteiger partial charge in [0, 0.05) is 21.6 Å². The van der Waals surface area contributed by atoms with Crippen LogP contribution >= 0.6 is 15.9 Å². The van der Waals surface area contributed by atoms with Crippen molar-refractivity contribution in [3.8, 4) is 0 Å². The fourth-order valence-electron chi connectivity index (χ4n) is 3.84. The number of nitrogens with zero attached hydrogens (tertiary/aromatic N) is 1. The van der Waals surface area contributed by atoms with Crippen molar-refractivity contribution in [3.63, 3.8) is 0 Å². The molecular formula is C23H23BrN4O3. The number of rotatable bonds is 4. The van der Waals surface area contributed by atoms with Crippen molar-refractivity contribution in [3.05, 3.63) is 64.8 Å². The topological polar surface area (TPSA) is 92.2 Å². The molecule has 0 radical (unpaired) electrons. The number of hydrogen-bond acceptors (Lipinski definition) is 3. The predicted octanol–water partition coefficient (Wildman–Crippen LogP) is 4.18. The number of anilines is 1. The van der Waals surface area contributed by atoms with Gasteiger partial charge in [-0.25, -0.2) is 4.68 Å². The monoisotopic (exact) mass is 482 g/mol. The first kappa shape index (κ1) is 21.1. The van der Waals surface area contributed by atoms with Crippen LogP contribution in [0.5, 0.6) is 0 Å². The van der Waals surface area contributed by atoms with Crippen LogP contribution in [0.1, 0.15) is 42.6 Å². The minimum absolute atomic E-state index is 0.0187. The zero-order valence-electron chi connectivity index (χ0n) is 16.9. The molecule has 8 heteroatoms. The van der Waals surface area contributed by atoms with E-state index in [1.807, 2.05) is 30.3 Å². The summed E-state index contributed by atoms with van der Waals surface area (Å²) in [5.41, 5.74) is 4.06. The summed E-state index contributed by atoms with van der Waals surface area (Å²) >= 11 is 3.43. The third-order valence-electron chi connectivity index (χ3n) is 5.39. The number of amides is 3. The fourth-order valence-corrected chi connectivity index (χ4v) is 4.22. The highest BCUT2D eigenvalue weighted by atomic mass is 79.9. The zero-order valence-corrected chi connectivity index (χ0v) is 18.4. The highest BCUT2D eigenvalue weighted by Gasteiger charge is 2.23. The Balaban J connectivity index is 1.59. The van der Waals surface area contributed by atoms with Crippen LogP contribution in [0.2, 0.25) is 0 Å². The molecule has 3 aromatic rings. The van der Waals surface area contributed by atoms with Crippen molar-refractivity contribution < 1.29 is 14.4 Å². The van der Waals surface area contributed by atoms with E-state index in [2.05, 4.69) is 32.0 Å². The SMILES string of the molecule is O=C(NC1CCCCC1)C(=O)Nn1c(C(=O)Nc2ccccc2)cc2cc(Br)ccc21. The van der Waals surface area contributed by atoms with Crippen molar-refractivity contribution in [1.29, 1.82) is 0 Å². The Bertz CT molecular complexity index is 1120.